The molecule has 2 aliphatic carbocycles. The molecule has 35 heavy (non-hydrogen) atoms. The van der Waals surface area contributed by atoms with Gasteiger partial charge in [0.25, 0.3) is 5.91 Å². The van der Waals surface area contributed by atoms with E-state index in [4.69, 9.17) is 9.26 Å². The molecule has 5 aliphatic rings. The molecule has 0 N–H and O–H groups in total. The van der Waals surface area contributed by atoms with Crippen LogP contribution in [0.25, 0.3) is 0 Å². The van der Waals surface area contributed by atoms with Crippen LogP contribution in [-0.4, -0.2) is 57.3 Å². The van der Waals surface area contributed by atoms with Gasteiger partial charge in [-0.2, -0.15) is 0 Å². The maximum Gasteiger partial charge on any atom is 0.346 e. The minimum absolute atomic E-state index is 0.00854. The van der Waals surface area contributed by atoms with Crippen LogP contribution in [0.5, 0.6) is 11.5 Å². The number of benzene rings is 2. The first-order valence-electron chi connectivity index (χ1n) is 12.1. The van der Waals surface area contributed by atoms with Gasteiger partial charge in [-0.25, -0.2) is 9.34 Å². The van der Waals surface area contributed by atoms with E-state index in [1.807, 2.05) is 20.3 Å². The molecule has 7 rings (SSSR count). The standard InChI is InChI=1S/C24H25N4O6P/c29-24-20-12-18(5-1-16(20)14-27(24)17-3-4-17)33-23-13-19-15(11-21(23)28(30)31)2-6-22(19)34-35(32,25-7-8-25)26-9-10-26/h1,5,11-13,17,22H,2-4,6-10,14H2. The van der Waals surface area contributed by atoms with Crippen molar-refractivity contribution in [1.82, 2.24) is 14.2 Å². The van der Waals surface area contributed by atoms with E-state index in [9.17, 15) is 19.5 Å². The molecular formula is C24H25N4O6P. The highest BCUT2D eigenvalue weighted by Crippen LogP contribution is 2.64. The lowest BCUT2D eigenvalue weighted by molar-refractivity contribution is -0.385. The molecule has 0 bridgehead atoms. The highest BCUT2D eigenvalue weighted by Gasteiger charge is 2.51. The van der Waals surface area contributed by atoms with Gasteiger partial charge < -0.3 is 9.64 Å². The van der Waals surface area contributed by atoms with Crippen LogP contribution in [0.3, 0.4) is 0 Å². The SMILES string of the molecule is O=C1c2cc(Oc3cc4c(cc3[N+](=O)[O-])CCC4OP(=O)(N3CC3)N3CC3)ccc2CN1C1CC1. The number of nitrogens with zero attached hydrogens (tertiary/aromatic N) is 4. The lowest BCUT2D eigenvalue weighted by Gasteiger charge is -2.24. The Kier molecular flexibility index (Phi) is 4.67. The third-order valence-corrected chi connectivity index (χ3v) is 10.2. The molecule has 182 valence electrons. The molecule has 3 heterocycles. The quantitative estimate of drug-likeness (QED) is 0.231. The number of rotatable bonds is 8. The predicted molar refractivity (Wildman–Crippen MR) is 125 cm³/mol. The Balaban J connectivity index is 1.19. The summed E-state index contributed by atoms with van der Waals surface area (Å²) in [7, 11) is -3.03. The molecule has 0 radical (unpaired) electrons. The molecule has 11 heteroatoms. The van der Waals surface area contributed by atoms with Crippen molar-refractivity contribution < 1.29 is 23.5 Å². The highest BCUT2D eigenvalue weighted by atomic mass is 31.2. The maximum absolute atomic E-state index is 13.5. The van der Waals surface area contributed by atoms with Crippen LogP contribution in [0.15, 0.2) is 30.3 Å². The Bertz CT molecular complexity index is 1300. The molecule has 2 aromatic rings. The number of carbonyl (C=O) groups is 1. The van der Waals surface area contributed by atoms with Gasteiger partial charge in [-0.05, 0) is 60.6 Å². The summed E-state index contributed by atoms with van der Waals surface area (Å²) < 4.78 is 29.5. The van der Waals surface area contributed by atoms with E-state index in [2.05, 4.69) is 0 Å². The first-order valence-corrected chi connectivity index (χ1v) is 13.7. The number of ether oxygens (including phenoxy) is 1. The second-order valence-corrected chi connectivity index (χ2v) is 12.2. The average Bonchev–Trinajstić information content (AvgIpc) is 3.71. The van der Waals surface area contributed by atoms with Crippen LogP contribution in [0.4, 0.5) is 5.69 Å². The molecule has 1 saturated carbocycles. The van der Waals surface area contributed by atoms with E-state index in [1.54, 1.807) is 24.3 Å². The van der Waals surface area contributed by atoms with Crippen molar-refractivity contribution in [2.24, 2.45) is 0 Å². The van der Waals surface area contributed by atoms with Crippen LogP contribution in [0, 0.1) is 10.1 Å². The van der Waals surface area contributed by atoms with Gasteiger partial charge in [0.15, 0.2) is 0 Å². The third-order valence-electron chi connectivity index (χ3n) is 7.40. The molecule has 1 atom stereocenters. The zero-order valence-corrected chi connectivity index (χ0v) is 20.0. The fraction of sp³-hybridized carbons (Fsp3) is 0.458. The second-order valence-electron chi connectivity index (χ2n) is 9.89. The number of amides is 1. The molecular weight excluding hydrogens is 471 g/mol. The van der Waals surface area contributed by atoms with Gasteiger partial charge in [0.2, 0.25) is 5.75 Å². The smallest absolute Gasteiger partial charge is 0.346 e. The van der Waals surface area contributed by atoms with Crippen molar-refractivity contribution in [2.45, 2.75) is 44.4 Å². The van der Waals surface area contributed by atoms with Gasteiger partial charge >= 0.3 is 13.4 Å². The number of nitro groups is 1. The van der Waals surface area contributed by atoms with Crippen LogP contribution >= 0.6 is 7.67 Å². The van der Waals surface area contributed by atoms with E-state index < -0.39 is 18.7 Å². The summed E-state index contributed by atoms with van der Waals surface area (Å²) in [6, 6.07) is 8.82. The second kappa shape index (κ2) is 7.61. The van der Waals surface area contributed by atoms with Gasteiger partial charge in [-0.3, -0.25) is 24.0 Å². The molecule has 2 saturated heterocycles. The van der Waals surface area contributed by atoms with Crippen molar-refractivity contribution in [1.29, 1.82) is 0 Å². The Morgan fingerprint density at radius 3 is 2.40 bits per heavy atom. The number of carbonyl (C=O) groups excluding carboxylic acids is 1. The van der Waals surface area contributed by atoms with Crippen LogP contribution in [-0.2, 0) is 22.1 Å². The minimum atomic E-state index is -3.03. The van der Waals surface area contributed by atoms with Crippen molar-refractivity contribution in [3.8, 4) is 11.5 Å². The number of fused-ring (bicyclic) bond motifs is 2. The molecule has 10 nitrogen and oxygen atoms in total. The summed E-state index contributed by atoms with van der Waals surface area (Å²) in [5.74, 6) is 0.472. The topological polar surface area (TPSA) is 105 Å². The van der Waals surface area contributed by atoms with Gasteiger partial charge in [-0.15, -0.1) is 0 Å². The first-order chi connectivity index (χ1) is 16.9. The predicted octanol–water partition coefficient (Wildman–Crippen LogP) is 4.25. The summed E-state index contributed by atoms with van der Waals surface area (Å²) in [6.45, 7) is 3.65. The van der Waals surface area contributed by atoms with Gasteiger partial charge in [0.1, 0.15) is 5.75 Å². The van der Waals surface area contributed by atoms with Crippen molar-refractivity contribution in [3.63, 3.8) is 0 Å². The van der Waals surface area contributed by atoms with E-state index in [1.165, 1.54) is 0 Å². The van der Waals surface area contributed by atoms with Crippen LogP contribution in [0.1, 0.15) is 52.4 Å². The summed E-state index contributed by atoms with van der Waals surface area (Å²) in [4.78, 5) is 26.1. The Morgan fingerprint density at radius 1 is 1.00 bits per heavy atom. The van der Waals surface area contributed by atoms with Gasteiger partial charge in [-0.1, -0.05) is 6.07 Å². The molecule has 3 fully saturated rings. The molecule has 3 aliphatic heterocycles. The van der Waals surface area contributed by atoms with Gasteiger partial charge in [0.05, 0.1) is 11.0 Å². The summed E-state index contributed by atoms with van der Waals surface area (Å²) in [5.41, 5.74) is 3.02. The van der Waals surface area contributed by atoms with Gasteiger partial charge in [0, 0.05) is 50.4 Å². The maximum atomic E-state index is 13.5. The van der Waals surface area contributed by atoms with Crippen molar-refractivity contribution in [3.05, 3.63) is 62.7 Å². The van der Waals surface area contributed by atoms with E-state index in [0.29, 0.717) is 36.7 Å². The zero-order chi connectivity index (χ0) is 23.9. The first kappa shape index (κ1) is 21.5. The van der Waals surface area contributed by atoms with E-state index >= 15 is 0 Å². The largest absolute Gasteiger partial charge is 0.450 e. The Labute approximate surface area is 202 Å². The Hall–Kier alpha value is -2.78. The highest BCUT2D eigenvalue weighted by molar-refractivity contribution is 7.54. The minimum Gasteiger partial charge on any atom is -0.450 e. The molecule has 2 aromatic carbocycles. The number of hydrogen-bond donors (Lipinski definition) is 0. The normalized spacial score (nSPS) is 23.4. The fourth-order valence-electron chi connectivity index (χ4n) is 5.17. The fourth-order valence-corrected chi connectivity index (χ4v) is 7.53. The molecule has 0 aromatic heterocycles. The number of aryl methyl sites for hydroxylation is 1. The lowest BCUT2D eigenvalue weighted by Crippen LogP contribution is -2.25. The van der Waals surface area contributed by atoms with Crippen LogP contribution in [0.2, 0.25) is 0 Å². The van der Waals surface area contributed by atoms with E-state index in [0.717, 1.165) is 55.7 Å². The summed E-state index contributed by atoms with van der Waals surface area (Å²) in [5, 5.41) is 11.9. The third kappa shape index (κ3) is 3.67. The Morgan fingerprint density at radius 2 is 1.74 bits per heavy atom. The van der Waals surface area contributed by atoms with E-state index in [-0.39, 0.29) is 17.3 Å². The van der Waals surface area contributed by atoms with Crippen molar-refractivity contribution >= 4 is 19.3 Å². The zero-order valence-electron chi connectivity index (χ0n) is 19.1. The molecule has 1 unspecified atom stereocenters. The summed E-state index contributed by atoms with van der Waals surface area (Å²) in [6.07, 6.45) is 2.90. The number of nitro benzene ring substituents is 1. The van der Waals surface area contributed by atoms with Crippen molar-refractivity contribution in [2.75, 3.05) is 26.2 Å². The molecule has 0 spiro atoms. The monoisotopic (exact) mass is 496 g/mol. The lowest BCUT2D eigenvalue weighted by atomic mass is 10.1. The average molecular weight is 496 g/mol. The van der Waals surface area contributed by atoms with Crippen LogP contribution < -0.4 is 4.74 Å². The molecule has 1 amide bonds. The summed E-state index contributed by atoms with van der Waals surface area (Å²) >= 11 is 0. The number of hydrogen-bond acceptors (Lipinski definition) is 6.